The molecule has 10 nitrogen and oxygen atoms in total. The first-order chi connectivity index (χ1) is 16.3. The number of H-pyrrole nitrogens is 1. The quantitative estimate of drug-likeness (QED) is 0.444. The highest BCUT2D eigenvalue weighted by Crippen LogP contribution is 2.29. The molecule has 10 heteroatoms. The molecule has 0 bridgehead atoms. The number of imidazole rings is 1. The third-order valence-electron chi connectivity index (χ3n) is 5.50. The molecule has 0 atom stereocenters. The number of unbranched alkanes of at least 4 members (excludes halogenated alkanes) is 1. The summed E-state index contributed by atoms with van der Waals surface area (Å²) in [4.78, 5) is 45.0. The van der Waals surface area contributed by atoms with Gasteiger partial charge in [-0.25, -0.2) is 9.78 Å². The minimum Gasteiger partial charge on any atom is -0.497 e. The molecule has 0 unspecified atom stereocenters. The standard InChI is InChI=1S/C24H33N5O5/c1-6-7-12-28-22-21(23(31)27-24(28)32)29(14-15(2)3)19(26-22)10-11-20(30)25-17-13-16(33-4)8-9-18(17)34-5/h8-9,13,15H,6-7,10-12,14H2,1-5H3,(H,25,30)(H,27,31,32). The van der Waals surface area contributed by atoms with Crippen molar-refractivity contribution < 1.29 is 14.3 Å². The van der Waals surface area contributed by atoms with Gasteiger partial charge in [0.25, 0.3) is 5.56 Å². The molecule has 3 rings (SSSR count). The molecule has 34 heavy (non-hydrogen) atoms. The zero-order chi connectivity index (χ0) is 24.8. The van der Waals surface area contributed by atoms with Crippen molar-refractivity contribution in [1.29, 1.82) is 0 Å². The van der Waals surface area contributed by atoms with Crippen molar-refractivity contribution >= 4 is 22.8 Å². The summed E-state index contributed by atoms with van der Waals surface area (Å²) in [6.07, 6.45) is 2.14. The third kappa shape index (κ3) is 5.49. The Morgan fingerprint density at radius 1 is 1.18 bits per heavy atom. The van der Waals surface area contributed by atoms with Crippen LogP contribution < -0.4 is 26.0 Å². The second-order valence-corrected chi connectivity index (χ2v) is 8.58. The number of carbonyl (C=O) groups excluding carboxylic acids is 1. The Labute approximate surface area is 197 Å². The Bertz CT molecular complexity index is 1270. The molecule has 1 amide bonds. The number of hydrogen-bond donors (Lipinski definition) is 2. The van der Waals surface area contributed by atoms with E-state index in [9.17, 15) is 14.4 Å². The first-order valence-corrected chi connectivity index (χ1v) is 11.5. The van der Waals surface area contributed by atoms with Gasteiger partial charge < -0.3 is 19.4 Å². The Hall–Kier alpha value is -3.56. The number of fused-ring (bicyclic) bond motifs is 1. The SMILES string of the molecule is CCCCn1c(=O)[nH]c(=O)c2c1nc(CCC(=O)Nc1cc(OC)ccc1OC)n2CC(C)C. The van der Waals surface area contributed by atoms with Crippen molar-refractivity contribution in [2.24, 2.45) is 5.92 Å². The monoisotopic (exact) mass is 471 g/mol. The molecule has 1 aromatic carbocycles. The van der Waals surface area contributed by atoms with Crippen LogP contribution in [-0.2, 0) is 24.3 Å². The Kier molecular flexibility index (Phi) is 8.14. The smallest absolute Gasteiger partial charge is 0.330 e. The summed E-state index contributed by atoms with van der Waals surface area (Å²) in [6.45, 7) is 7.13. The molecule has 3 aromatic rings. The topological polar surface area (TPSA) is 120 Å². The highest BCUT2D eigenvalue weighted by atomic mass is 16.5. The minimum atomic E-state index is -0.463. The van der Waals surface area contributed by atoms with E-state index in [-0.39, 0.29) is 18.2 Å². The summed E-state index contributed by atoms with van der Waals surface area (Å²) >= 11 is 0. The molecule has 0 saturated heterocycles. The van der Waals surface area contributed by atoms with Gasteiger partial charge in [0.15, 0.2) is 11.2 Å². The molecule has 0 radical (unpaired) electrons. The fraction of sp³-hybridized carbons (Fsp3) is 0.500. The molecule has 0 aliphatic rings. The average Bonchev–Trinajstić information content (AvgIpc) is 3.15. The maximum Gasteiger partial charge on any atom is 0.330 e. The number of anilines is 1. The summed E-state index contributed by atoms with van der Waals surface area (Å²) < 4.78 is 13.9. The molecule has 2 heterocycles. The predicted octanol–water partition coefficient (Wildman–Crippen LogP) is 2.93. The number of carbonyl (C=O) groups is 1. The average molecular weight is 472 g/mol. The maximum atomic E-state index is 12.8. The fourth-order valence-electron chi connectivity index (χ4n) is 3.84. The molecule has 184 valence electrons. The van der Waals surface area contributed by atoms with Crippen molar-refractivity contribution in [1.82, 2.24) is 19.1 Å². The van der Waals surface area contributed by atoms with Crippen molar-refractivity contribution in [2.75, 3.05) is 19.5 Å². The Morgan fingerprint density at radius 2 is 1.94 bits per heavy atom. The van der Waals surface area contributed by atoms with E-state index >= 15 is 0 Å². The van der Waals surface area contributed by atoms with E-state index in [1.54, 1.807) is 25.3 Å². The number of methoxy groups -OCH3 is 2. The molecule has 0 saturated carbocycles. The summed E-state index contributed by atoms with van der Waals surface area (Å²) in [5.41, 5.74) is 0.321. The first-order valence-electron chi connectivity index (χ1n) is 11.5. The van der Waals surface area contributed by atoms with E-state index < -0.39 is 11.2 Å². The molecule has 0 spiro atoms. The lowest BCUT2D eigenvalue weighted by molar-refractivity contribution is -0.116. The summed E-state index contributed by atoms with van der Waals surface area (Å²) in [7, 11) is 3.08. The number of nitrogens with one attached hydrogen (secondary N) is 2. The molecule has 0 fully saturated rings. The van der Waals surface area contributed by atoms with Gasteiger partial charge in [-0.1, -0.05) is 27.2 Å². The van der Waals surface area contributed by atoms with Crippen LogP contribution in [0.2, 0.25) is 0 Å². The predicted molar refractivity (Wildman–Crippen MR) is 131 cm³/mol. The van der Waals surface area contributed by atoms with Gasteiger partial charge in [-0.05, 0) is 24.5 Å². The molecule has 2 N–H and O–H groups in total. The van der Waals surface area contributed by atoms with Crippen LogP contribution in [0.3, 0.4) is 0 Å². The number of nitrogens with zero attached hydrogens (tertiary/aromatic N) is 3. The zero-order valence-corrected chi connectivity index (χ0v) is 20.4. The summed E-state index contributed by atoms with van der Waals surface area (Å²) in [5, 5.41) is 2.86. The van der Waals surface area contributed by atoms with Gasteiger partial charge in [-0.15, -0.1) is 0 Å². The van der Waals surface area contributed by atoms with E-state index in [2.05, 4.69) is 15.3 Å². The number of aromatic nitrogens is 4. The number of aromatic amines is 1. The van der Waals surface area contributed by atoms with Crippen molar-refractivity contribution in [3.8, 4) is 11.5 Å². The normalized spacial score (nSPS) is 11.2. The largest absolute Gasteiger partial charge is 0.497 e. The van der Waals surface area contributed by atoms with Crippen LogP contribution >= 0.6 is 0 Å². The summed E-state index contributed by atoms with van der Waals surface area (Å²) in [6, 6.07) is 5.16. The van der Waals surface area contributed by atoms with E-state index in [0.717, 1.165) is 12.8 Å². The van der Waals surface area contributed by atoms with Crippen molar-refractivity contribution in [3.05, 3.63) is 44.9 Å². The van der Waals surface area contributed by atoms with Gasteiger partial charge in [-0.2, -0.15) is 0 Å². The van der Waals surface area contributed by atoms with Gasteiger partial charge in [0, 0.05) is 32.0 Å². The maximum absolute atomic E-state index is 12.8. The minimum absolute atomic E-state index is 0.138. The first kappa shape index (κ1) is 25.1. The van der Waals surface area contributed by atoms with Crippen LogP contribution in [0.5, 0.6) is 11.5 Å². The third-order valence-corrected chi connectivity index (χ3v) is 5.50. The molecular formula is C24H33N5O5. The highest BCUT2D eigenvalue weighted by molar-refractivity contribution is 5.92. The van der Waals surface area contributed by atoms with Crippen LogP contribution in [-0.4, -0.2) is 39.2 Å². The van der Waals surface area contributed by atoms with Crippen LogP contribution in [0, 0.1) is 5.92 Å². The number of hydrogen-bond acceptors (Lipinski definition) is 6. The number of ether oxygens (including phenoxy) is 2. The van der Waals surface area contributed by atoms with E-state index in [1.165, 1.54) is 11.7 Å². The lowest BCUT2D eigenvalue weighted by atomic mass is 10.2. The number of benzene rings is 1. The van der Waals surface area contributed by atoms with Crippen LogP contribution in [0.4, 0.5) is 5.69 Å². The van der Waals surface area contributed by atoms with Crippen molar-refractivity contribution in [2.45, 2.75) is 59.5 Å². The Morgan fingerprint density at radius 3 is 2.59 bits per heavy atom. The lowest BCUT2D eigenvalue weighted by Crippen LogP contribution is -2.31. The number of rotatable bonds is 11. The van der Waals surface area contributed by atoms with E-state index in [0.29, 0.717) is 53.7 Å². The second-order valence-electron chi connectivity index (χ2n) is 8.58. The van der Waals surface area contributed by atoms with Gasteiger partial charge in [0.2, 0.25) is 5.91 Å². The molecular weight excluding hydrogens is 438 g/mol. The van der Waals surface area contributed by atoms with Gasteiger partial charge in [0.1, 0.15) is 17.3 Å². The van der Waals surface area contributed by atoms with Gasteiger partial charge in [0.05, 0.1) is 19.9 Å². The fourth-order valence-corrected chi connectivity index (χ4v) is 3.84. The Balaban J connectivity index is 1.92. The molecule has 2 aromatic heterocycles. The molecule has 0 aliphatic carbocycles. The number of aryl methyl sites for hydroxylation is 2. The van der Waals surface area contributed by atoms with Gasteiger partial charge in [-0.3, -0.25) is 19.1 Å². The lowest BCUT2D eigenvalue weighted by Gasteiger charge is -2.13. The van der Waals surface area contributed by atoms with E-state index in [1.807, 2.05) is 25.3 Å². The molecule has 0 aliphatic heterocycles. The number of amides is 1. The van der Waals surface area contributed by atoms with Gasteiger partial charge >= 0.3 is 5.69 Å². The van der Waals surface area contributed by atoms with Crippen molar-refractivity contribution in [3.63, 3.8) is 0 Å². The van der Waals surface area contributed by atoms with Crippen LogP contribution in [0.25, 0.3) is 11.2 Å². The summed E-state index contributed by atoms with van der Waals surface area (Å²) in [5.74, 6) is 1.72. The highest BCUT2D eigenvalue weighted by Gasteiger charge is 2.20. The van der Waals surface area contributed by atoms with E-state index in [4.69, 9.17) is 9.47 Å². The zero-order valence-electron chi connectivity index (χ0n) is 20.4. The second kappa shape index (κ2) is 11.0. The van der Waals surface area contributed by atoms with Crippen LogP contribution in [0.1, 0.15) is 45.9 Å². The van der Waals surface area contributed by atoms with Crippen LogP contribution in [0.15, 0.2) is 27.8 Å².